The molecule has 1 fully saturated rings. The SMILES string of the molecule is C.C.C.C.C.C.C.C.C.C.O=S(=O)=O.[CH2-]C(C)(C)NC(=O)C(CCC(CC(CC[Si](OCC)(OCC)OCC)c1ccccc1)C(=O)[O-])CC(OC1C(O)C(CCOC(C)CO)OC(OCCCCCCCCCCCCCCCCCC)C1O)C(N)=O.[Na+].[Na+]. The molecule has 0 aliphatic carbocycles. The fourth-order valence-corrected chi connectivity index (χ4v) is 12.5. The molecule has 2 amide bonds. The number of amides is 2. The van der Waals surface area contributed by atoms with Crippen LogP contribution in [0.3, 0.4) is 0 Å². The summed E-state index contributed by atoms with van der Waals surface area (Å²) in [4.78, 5) is 40.4. The van der Waals surface area contributed by atoms with Crippen molar-refractivity contribution in [1.29, 1.82) is 0 Å². The number of carbonyl (C=O) groups excluding carboxylic acids is 3. The van der Waals surface area contributed by atoms with Gasteiger partial charge in [-0.1, -0.05) is 227 Å². The summed E-state index contributed by atoms with van der Waals surface area (Å²) in [7, 11) is -6.20. The molecular formula is C67H142N2Na2O17SSi. The van der Waals surface area contributed by atoms with Gasteiger partial charge in [0.15, 0.2) is 6.29 Å². The van der Waals surface area contributed by atoms with E-state index in [1.54, 1.807) is 20.8 Å². The Bertz CT molecular complexity index is 1830. The van der Waals surface area contributed by atoms with Gasteiger partial charge in [0.25, 0.3) is 0 Å². The van der Waals surface area contributed by atoms with Crippen molar-refractivity contribution in [2.75, 3.05) is 39.6 Å². The van der Waals surface area contributed by atoms with Crippen molar-refractivity contribution in [1.82, 2.24) is 5.32 Å². The van der Waals surface area contributed by atoms with Gasteiger partial charge in [0, 0.05) is 51.0 Å². The Hall–Kier alpha value is -0.933. The van der Waals surface area contributed by atoms with Crippen LogP contribution >= 0.6 is 0 Å². The zero-order valence-electron chi connectivity index (χ0n) is 50.4. The fraction of sp³-hybridized carbons (Fsp3) is 0.851. The molecule has 0 aromatic heterocycles. The molecule has 1 aromatic rings. The summed E-state index contributed by atoms with van der Waals surface area (Å²) in [5.74, 6) is -5.02. The second-order valence-corrected chi connectivity index (χ2v) is 24.5. The molecular weight excluding hydrogens is 1210 g/mol. The van der Waals surface area contributed by atoms with E-state index in [1.165, 1.54) is 77.0 Å². The van der Waals surface area contributed by atoms with Crippen molar-refractivity contribution in [3.63, 3.8) is 0 Å². The standard InChI is InChI=1S/C57H103N2O14Si.10CH4.2Na.O3S/c1-9-13-14-15-16-17-18-19-20-21-22-23-24-25-26-30-37-68-56-51(62)52(50(61)48(73-56)35-38-67-43(5)42-60)72-49(53(58)63)41-46(54(64)59-57(6,7)8)33-34-47(55(65)66)40-45(44-31-28-27-29-32-44)36-39-74(69-10-2,70-11-3)71-12-4;;;;;;;;;;;;;1-4(2)3/h27-29,31-32,43,45-52,56,60-62H,6,9-26,30,33-42H2,1-5,7-8H3,(H2,58,63)(H,59,64)(H,65,66);10*1H4;;;/q-1;;;;;;;;;;;2*+1;/p-1. The summed E-state index contributed by atoms with van der Waals surface area (Å²) in [6.45, 7) is 18.4. The zero-order valence-corrected chi connectivity index (χ0v) is 56.2. The largest absolute Gasteiger partial charge is 1.00 e. The number of benzene rings is 1. The Kier molecular flexibility index (Phi) is 89.7. The maximum atomic E-state index is 14.1. The number of aliphatic hydroxyl groups excluding tert-OH is 3. The van der Waals surface area contributed by atoms with Crippen LogP contribution in [0.15, 0.2) is 30.3 Å². The molecule has 1 heterocycles. The first kappa shape index (κ1) is 116. The van der Waals surface area contributed by atoms with Crippen LogP contribution in [0.5, 0.6) is 0 Å². The molecule has 0 spiro atoms. The maximum Gasteiger partial charge on any atom is 1.00 e. The maximum absolute atomic E-state index is 14.1. The number of rotatable bonds is 46. The van der Waals surface area contributed by atoms with Crippen molar-refractivity contribution in [3.8, 4) is 0 Å². The normalized spacial score (nSPS) is 17.1. The number of nitrogens with one attached hydrogen (secondary N) is 1. The van der Waals surface area contributed by atoms with Crippen LogP contribution in [0.2, 0.25) is 6.04 Å². The fourth-order valence-electron chi connectivity index (χ4n) is 9.78. The van der Waals surface area contributed by atoms with Crippen LogP contribution in [0.25, 0.3) is 0 Å². The summed E-state index contributed by atoms with van der Waals surface area (Å²) in [5.41, 5.74) is 5.97. The number of unbranched alkanes of at least 4 members (excludes halogenated alkanes) is 15. The average Bonchev–Trinajstić information content (AvgIpc) is 3.37. The third-order valence-electron chi connectivity index (χ3n) is 13.9. The quantitative estimate of drug-likeness (QED) is 0.0239. The molecule has 1 aliphatic rings. The zero-order chi connectivity index (χ0) is 58.4. The van der Waals surface area contributed by atoms with Crippen LogP contribution in [0, 0.1) is 18.8 Å². The van der Waals surface area contributed by atoms with Gasteiger partial charge < -0.3 is 75.4 Å². The molecule has 0 radical (unpaired) electrons. The van der Waals surface area contributed by atoms with Crippen molar-refractivity contribution < 1.29 is 139 Å². The summed E-state index contributed by atoms with van der Waals surface area (Å²) >= 11 is 0. The molecule has 23 heteroatoms. The van der Waals surface area contributed by atoms with E-state index in [1.807, 2.05) is 51.1 Å². The Labute approximate surface area is 601 Å². The number of carboxylic acid groups (broad SMARTS) is 1. The van der Waals surface area contributed by atoms with E-state index in [0.29, 0.717) is 32.3 Å². The first-order valence-electron chi connectivity index (χ1n) is 29.1. The summed E-state index contributed by atoms with van der Waals surface area (Å²) in [5, 5.41) is 48.8. The predicted molar refractivity (Wildman–Crippen MR) is 365 cm³/mol. The van der Waals surface area contributed by atoms with Crippen LogP contribution in [-0.2, 0) is 57.2 Å². The van der Waals surface area contributed by atoms with Gasteiger partial charge in [0.2, 0.25) is 11.8 Å². The number of hydrogen-bond donors (Lipinski definition) is 5. The number of nitrogens with two attached hydrogens (primary N) is 1. The molecule has 1 saturated heterocycles. The Balaban J connectivity index is -0.000000368. The topological polar surface area (TPSA) is 289 Å². The minimum atomic E-state index is -3.11. The Morgan fingerprint density at radius 1 is 0.689 bits per heavy atom. The van der Waals surface area contributed by atoms with Gasteiger partial charge in [-0.15, -0.1) is 12.6 Å². The minimum absolute atomic E-state index is 0. The molecule has 0 saturated carbocycles. The first-order chi connectivity index (χ1) is 37.2. The average molecular weight is 1350 g/mol. The van der Waals surface area contributed by atoms with Gasteiger partial charge in [-0.2, -0.15) is 0 Å². The van der Waals surface area contributed by atoms with E-state index in [0.717, 1.165) is 31.2 Å². The predicted octanol–water partition coefficient (Wildman–Crippen LogP) is 7.60. The van der Waals surface area contributed by atoms with Gasteiger partial charge in [-0.3, -0.25) is 9.59 Å². The number of carbonyl (C=O) groups is 3. The molecule has 19 nitrogen and oxygen atoms in total. The number of hydrogen-bond acceptors (Lipinski definition) is 17. The number of aliphatic hydroxyl groups is 3. The second kappa shape index (κ2) is 69.4. The van der Waals surface area contributed by atoms with Gasteiger partial charge in [-0.05, 0) is 90.0 Å². The van der Waals surface area contributed by atoms with E-state index in [2.05, 4.69) is 19.2 Å². The third kappa shape index (κ3) is 53.2. The molecule has 2 rings (SSSR count). The number of carboxylic acids is 1. The summed E-state index contributed by atoms with van der Waals surface area (Å²) in [6.07, 6.45) is 11.5. The monoisotopic (exact) mass is 1350 g/mol. The molecule has 10 unspecified atom stereocenters. The van der Waals surface area contributed by atoms with Crippen molar-refractivity contribution in [2.24, 2.45) is 17.6 Å². The van der Waals surface area contributed by atoms with E-state index >= 15 is 0 Å². The molecule has 534 valence electrons. The van der Waals surface area contributed by atoms with Crippen molar-refractivity contribution in [3.05, 3.63) is 42.8 Å². The number of aliphatic carboxylic acids is 1. The number of primary amides is 1. The number of ether oxygens (including phenoxy) is 4. The van der Waals surface area contributed by atoms with E-state index < -0.39 is 97.5 Å². The van der Waals surface area contributed by atoms with Crippen LogP contribution in [0.1, 0.15) is 275 Å². The summed E-state index contributed by atoms with van der Waals surface area (Å²) in [6, 6.07) is 10.0. The van der Waals surface area contributed by atoms with E-state index in [-0.39, 0.29) is 191 Å². The van der Waals surface area contributed by atoms with E-state index in [9.17, 15) is 34.8 Å². The molecule has 6 N–H and O–H groups in total. The van der Waals surface area contributed by atoms with Crippen molar-refractivity contribution in [2.45, 2.75) is 324 Å². The second-order valence-electron chi connectivity index (χ2n) is 21.3. The van der Waals surface area contributed by atoms with Gasteiger partial charge in [0.1, 0.15) is 24.4 Å². The first-order valence-corrected chi connectivity index (χ1v) is 32.0. The van der Waals surface area contributed by atoms with E-state index in [4.69, 9.17) is 50.6 Å². The Morgan fingerprint density at radius 2 is 1.12 bits per heavy atom. The third-order valence-corrected chi connectivity index (χ3v) is 17.0. The van der Waals surface area contributed by atoms with Gasteiger partial charge in [-0.25, -0.2) is 0 Å². The van der Waals surface area contributed by atoms with Crippen molar-refractivity contribution >= 4 is 37.2 Å². The summed E-state index contributed by atoms with van der Waals surface area (Å²) < 4.78 is 67.9. The minimum Gasteiger partial charge on any atom is -0.550 e. The molecule has 0 bridgehead atoms. The Morgan fingerprint density at radius 3 is 1.52 bits per heavy atom. The molecule has 1 aliphatic heterocycles. The van der Waals surface area contributed by atoms with Crippen LogP contribution in [-0.4, -0.2) is 143 Å². The molecule has 90 heavy (non-hydrogen) atoms. The van der Waals surface area contributed by atoms with Gasteiger partial charge >= 0.3 is 78.5 Å². The van der Waals surface area contributed by atoms with Crippen LogP contribution in [0.4, 0.5) is 0 Å². The molecule has 1 aromatic carbocycles. The smallest absolute Gasteiger partial charge is 0.550 e. The van der Waals surface area contributed by atoms with Gasteiger partial charge in [0.05, 0.1) is 18.8 Å². The van der Waals surface area contributed by atoms with Crippen LogP contribution < -0.4 is 75.3 Å². The molecule has 10 atom stereocenters.